The Bertz CT molecular complexity index is 521. The molecule has 0 atom stereocenters. The first-order chi connectivity index (χ1) is 8.20. The van der Waals surface area contributed by atoms with Crippen LogP contribution in [-0.2, 0) is 0 Å². The van der Waals surface area contributed by atoms with E-state index in [0.717, 1.165) is 11.3 Å². The van der Waals surface area contributed by atoms with Crippen molar-refractivity contribution >= 4 is 17.3 Å². The summed E-state index contributed by atoms with van der Waals surface area (Å²) in [7, 11) is 1.85. The normalized spacial score (nSPS) is 10.0. The molecule has 5 nitrogen and oxygen atoms in total. The van der Waals surface area contributed by atoms with Gasteiger partial charge >= 0.3 is 0 Å². The van der Waals surface area contributed by atoms with E-state index in [1.165, 1.54) is 12.5 Å². The van der Waals surface area contributed by atoms with Crippen LogP contribution < -0.4 is 10.6 Å². The fraction of sp³-hybridized carbons (Fsp3) is 0.167. The van der Waals surface area contributed by atoms with Crippen molar-refractivity contribution in [2.45, 2.75) is 6.92 Å². The molecule has 0 aliphatic rings. The number of anilines is 2. The fourth-order valence-electron chi connectivity index (χ4n) is 1.56. The van der Waals surface area contributed by atoms with Crippen molar-refractivity contribution in [2.24, 2.45) is 0 Å². The number of amides is 1. The molecule has 1 heterocycles. The van der Waals surface area contributed by atoms with Gasteiger partial charge in [0.05, 0.1) is 6.20 Å². The van der Waals surface area contributed by atoms with E-state index in [2.05, 4.69) is 20.3 Å². The van der Waals surface area contributed by atoms with Crippen LogP contribution in [0.5, 0.6) is 0 Å². The van der Waals surface area contributed by atoms with Crippen molar-refractivity contribution in [3.8, 4) is 0 Å². The summed E-state index contributed by atoms with van der Waals surface area (Å²) in [5.41, 5.74) is 3.17. The van der Waals surface area contributed by atoms with E-state index in [-0.39, 0.29) is 5.91 Å². The number of aromatic nitrogens is 1. The first-order valence-corrected chi connectivity index (χ1v) is 5.20. The Morgan fingerprint density at radius 2 is 2.24 bits per heavy atom. The highest BCUT2D eigenvalue weighted by atomic mass is 16.5. The van der Waals surface area contributed by atoms with Crippen molar-refractivity contribution in [1.82, 2.24) is 5.16 Å². The number of hydrogen-bond donors (Lipinski definition) is 2. The van der Waals surface area contributed by atoms with Crippen LogP contribution in [0.25, 0.3) is 0 Å². The van der Waals surface area contributed by atoms with Gasteiger partial charge in [0.15, 0.2) is 0 Å². The molecule has 0 saturated heterocycles. The second-order valence-corrected chi connectivity index (χ2v) is 3.65. The van der Waals surface area contributed by atoms with Crippen LogP contribution in [0.15, 0.2) is 35.2 Å². The number of hydrogen-bond acceptors (Lipinski definition) is 4. The smallest absolute Gasteiger partial charge is 0.255 e. The SMILES string of the molecule is CNc1ccc(C(=O)Nc2cnoc2)cc1C. The van der Waals surface area contributed by atoms with Gasteiger partial charge in [0.25, 0.3) is 5.91 Å². The van der Waals surface area contributed by atoms with Crippen LogP contribution in [0.3, 0.4) is 0 Å². The van der Waals surface area contributed by atoms with Crippen molar-refractivity contribution in [3.63, 3.8) is 0 Å². The second-order valence-electron chi connectivity index (χ2n) is 3.65. The largest absolute Gasteiger partial charge is 0.388 e. The summed E-state index contributed by atoms with van der Waals surface area (Å²) in [5.74, 6) is -0.182. The van der Waals surface area contributed by atoms with Crippen LogP contribution >= 0.6 is 0 Å². The summed E-state index contributed by atoms with van der Waals surface area (Å²) in [6, 6.07) is 5.47. The van der Waals surface area contributed by atoms with Gasteiger partial charge in [-0.25, -0.2) is 0 Å². The van der Waals surface area contributed by atoms with E-state index in [1.54, 1.807) is 6.07 Å². The van der Waals surface area contributed by atoms with E-state index in [1.807, 2.05) is 26.1 Å². The number of nitrogens with one attached hydrogen (secondary N) is 2. The van der Waals surface area contributed by atoms with Gasteiger partial charge < -0.3 is 15.2 Å². The predicted molar refractivity (Wildman–Crippen MR) is 65.2 cm³/mol. The van der Waals surface area contributed by atoms with Crippen molar-refractivity contribution < 1.29 is 9.32 Å². The summed E-state index contributed by atoms with van der Waals surface area (Å²) < 4.78 is 4.64. The summed E-state index contributed by atoms with van der Waals surface area (Å²) in [6.07, 6.45) is 2.83. The van der Waals surface area contributed by atoms with Gasteiger partial charge in [0, 0.05) is 18.3 Å². The lowest BCUT2D eigenvalue weighted by atomic mass is 10.1. The van der Waals surface area contributed by atoms with Crippen LogP contribution in [-0.4, -0.2) is 18.1 Å². The molecule has 0 bridgehead atoms. The minimum absolute atomic E-state index is 0.182. The molecule has 88 valence electrons. The summed E-state index contributed by atoms with van der Waals surface area (Å²) in [4.78, 5) is 11.9. The fourth-order valence-corrected chi connectivity index (χ4v) is 1.56. The zero-order chi connectivity index (χ0) is 12.3. The molecule has 2 N–H and O–H groups in total. The van der Waals surface area contributed by atoms with E-state index in [9.17, 15) is 4.79 Å². The molecule has 5 heteroatoms. The molecule has 17 heavy (non-hydrogen) atoms. The molecule has 1 aromatic heterocycles. The first-order valence-electron chi connectivity index (χ1n) is 5.20. The number of nitrogens with zero attached hydrogens (tertiary/aromatic N) is 1. The maximum absolute atomic E-state index is 11.9. The third kappa shape index (κ3) is 2.44. The maximum Gasteiger partial charge on any atom is 0.255 e. The topological polar surface area (TPSA) is 67.2 Å². The highest BCUT2D eigenvalue weighted by molar-refractivity contribution is 6.04. The van der Waals surface area contributed by atoms with E-state index in [4.69, 9.17) is 0 Å². The quantitative estimate of drug-likeness (QED) is 0.850. The minimum atomic E-state index is -0.182. The summed E-state index contributed by atoms with van der Waals surface area (Å²) in [6.45, 7) is 1.95. The Labute approximate surface area is 98.8 Å². The average molecular weight is 231 g/mol. The van der Waals surface area contributed by atoms with Crippen LogP contribution in [0.1, 0.15) is 15.9 Å². The number of rotatable bonds is 3. The second kappa shape index (κ2) is 4.69. The number of carbonyl (C=O) groups excluding carboxylic acids is 1. The monoisotopic (exact) mass is 231 g/mol. The molecule has 0 radical (unpaired) electrons. The molecule has 2 aromatic rings. The number of aryl methyl sites for hydroxylation is 1. The molecule has 0 spiro atoms. The van der Waals surface area contributed by atoms with Crippen molar-refractivity contribution in [1.29, 1.82) is 0 Å². The molecule has 0 unspecified atom stereocenters. The van der Waals surface area contributed by atoms with Gasteiger partial charge in [-0.1, -0.05) is 5.16 Å². The maximum atomic E-state index is 11.9. The minimum Gasteiger partial charge on any atom is -0.388 e. The molecule has 0 aliphatic heterocycles. The lowest BCUT2D eigenvalue weighted by Crippen LogP contribution is -2.11. The summed E-state index contributed by atoms with van der Waals surface area (Å²) in [5, 5.41) is 9.25. The third-order valence-electron chi connectivity index (χ3n) is 2.45. The van der Waals surface area contributed by atoms with Crippen LogP contribution in [0, 0.1) is 6.92 Å². The van der Waals surface area contributed by atoms with E-state index >= 15 is 0 Å². The predicted octanol–water partition coefficient (Wildman–Crippen LogP) is 2.28. The van der Waals surface area contributed by atoms with Gasteiger partial charge in [0.2, 0.25) is 0 Å². The lowest BCUT2D eigenvalue weighted by molar-refractivity contribution is 0.102. The van der Waals surface area contributed by atoms with Crippen molar-refractivity contribution in [3.05, 3.63) is 41.8 Å². The molecular weight excluding hydrogens is 218 g/mol. The van der Waals surface area contributed by atoms with Gasteiger partial charge in [0.1, 0.15) is 12.0 Å². The first kappa shape index (κ1) is 11.2. The van der Waals surface area contributed by atoms with Gasteiger partial charge in [-0.3, -0.25) is 4.79 Å². The Kier molecular flexibility index (Phi) is 3.09. The van der Waals surface area contributed by atoms with Gasteiger partial charge in [-0.15, -0.1) is 0 Å². The standard InChI is InChI=1S/C12H13N3O2/c1-8-5-9(3-4-11(8)13-2)12(16)15-10-6-14-17-7-10/h3-7,13H,1-2H3,(H,15,16). The Balaban J connectivity index is 2.17. The zero-order valence-corrected chi connectivity index (χ0v) is 9.65. The molecule has 0 fully saturated rings. The highest BCUT2D eigenvalue weighted by Crippen LogP contribution is 2.16. The summed E-state index contributed by atoms with van der Waals surface area (Å²) >= 11 is 0. The molecular formula is C12H13N3O2. The zero-order valence-electron chi connectivity index (χ0n) is 9.65. The van der Waals surface area contributed by atoms with Crippen LogP contribution in [0.4, 0.5) is 11.4 Å². The van der Waals surface area contributed by atoms with Gasteiger partial charge in [-0.05, 0) is 30.7 Å². The molecule has 0 aliphatic carbocycles. The molecule has 1 amide bonds. The van der Waals surface area contributed by atoms with Crippen LogP contribution in [0.2, 0.25) is 0 Å². The van der Waals surface area contributed by atoms with Crippen molar-refractivity contribution in [2.75, 3.05) is 17.7 Å². The highest BCUT2D eigenvalue weighted by Gasteiger charge is 2.08. The average Bonchev–Trinajstić information content (AvgIpc) is 2.81. The molecule has 0 saturated carbocycles. The Morgan fingerprint density at radius 3 is 2.82 bits per heavy atom. The number of benzene rings is 1. The third-order valence-corrected chi connectivity index (χ3v) is 2.45. The van der Waals surface area contributed by atoms with Gasteiger partial charge in [-0.2, -0.15) is 0 Å². The van der Waals surface area contributed by atoms with E-state index in [0.29, 0.717) is 11.3 Å². The number of carbonyl (C=O) groups is 1. The molecule has 1 aromatic carbocycles. The van der Waals surface area contributed by atoms with E-state index < -0.39 is 0 Å². The molecule has 2 rings (SSSR count). The Morgan fingerprint density at radius 1 is 1.41 bits per heavy atom. The lowest BCUT2D eigenvalue weighted by Gasteiger charge is -2.07. The Hall–Kier alpha value is -2.30.